The lowest BCUT2D eigenvalue weighted by Crippen LogP contribution is -1.88. The third kappa shape index (κ3) is 1.67. The van der Waals surface area contributed by atoms with Crippen LogP contribution < -0.4 is 0 Å². The molecule has 3 rings (SSSR count). The van der Waals surface area contributed by atoms with Gasteiger partial charge in [-0.1, -0.05) is 30.3 Å². The third-order valence-electron chi connectivity index (χ3n) is 2.90. The minimum atomic E-state index is 0.998. The molecule has 0 fully saturated rings. The van der Waals surface area contributed by atoms with Crippen LogP contribution in [0.1, 0.15) is 0 Å². The Labute approximate surface area is 108 Å². The number of nitrogens with zero attached hydrogens (tertiary/aromatic N) is 2. The first-order valence-electron chi connectivity index (χ1n) is 5.42. The van der Waals surface area contributed by atoms with Crippen molar-refractivity contribution < 1.29 is 0 Å². The van der Waals surface area contributed by atoms with Gasteiger partial charge in [0.1, 0.15) is 5.65 Å². The second-order valence-corrected chi connectivity index (χ2v) is 4.87. The van der Waals surface area contributed by atoms with Crippen LogP contribution in [0.4, 0.5) is 0 Å². The van der Waals surface area contributed by atoms with Crippen molar-refractivity contribution in [3.05, 3.63) is 53.3 Å². The number of aryl methyl sites for hydroxylation is 1. The molecule has 3 aromatic rings. The predicted octanol–water partition coefficient (Wildman–Crippen LogP) is 4.00. The summed E-state index contributed by atoms with van der Waals surface area (Å²) in [5.41, 5.74) is 3.42. The Morgan fingerprint density at radius 3 is 2.65 bits per heavy atom. The molecule has 17 heavy (non-hydrogen) atoms. The number of pyridine rings is 1. The highest BCUT2D eigenvalue weighted by atomic mass is 79.9. The number of hydrogen-bond acceptors (Lipinski definition) is 1. The average molecular weight is 287 g/mol. The van der Waals surface area contributed by atoms with E-state index in [1.807, 2.05) is 30.1 Å². The standard InChI is InChI=1S/C14H11BrN2/c1-17-9-12(15)13-11(7-8-16-14(13)17)10-5-3-2-4-6-10/h2-9H,1H3. The molecule has 0 aliphatic rings. The maximum atomic E-state index is 4.42. The molecule has 0 N–H and O–H groups in total. The summed E-state index contributed by atoms with van der Waals surface area (Å²) in [6.07, 6.45) is 3.90. The fraction of sp³-hybridized carbons (Fsp3) is 0.0714. The number of hydrogen-bond donors (Lipinski definition) is 0. The summed E-state index contributed by atoms with van der Waals surface area (Å²) in [6.45, 7) is 0. The molecular weight excluding hydrogens is 276 g/mol. The molecule has 0 saturated carbocycles. The first-order chi connectivity index (χ1) is 8.27. The topological polar surface area (TPSA) is 17.8 Å². The highest BCUT2D eigenvalue weighted by molar-refractivity contribution is 9.10. The monoisotopic (exact) mass is 286 g/mol. The Kier molecular flexibility index (Phi) is 2.48. The van der Waals surface area contributed by atoms with Gasteiger partial charge in [-0.25, -0.2) is 4.98 Å². The Bertz CT molecular complexity index is 671. The van der Waals surface area contributed by atoms with Gasteiger partial charge in [-0.05, 0) is 33.1 Å². The van der Waals surface area contributed by atoms with Gasteiger partial charge in [-0.2, -0.15) is 0 Å². The van der Waals surface area contributed by atoms with E-state index in [1.165, 1.54) is 16.5 Å². The molecule has 0 atom stereocenters. The van der Waals surface area contributed by atoms with Crippen LogP contribution in [-0.2, 0) is 7.05 Å². The normalized spacial score (nSPS) is 10.9. The molecule has 0 aliphatic heterocycles. The van der Waals surface area contributed by atoms with Crippen molar-refractivity contribution in [2.24, 2.45) is 7.05 Å². The summed E-state index contributed by atoms with van der Waals surface area (Å²) in [4.78, 5) is 4.42. The number of benzene rings is 1. The molecule has 0 aliphatic carbocycles. The molecule has 2 heterocycles. The van der Waals surface area contributed by atoms with E-state index in [4.69, 9.17) is 0 Å². The summed E-state index contributed by atoms with van der Waals surface area (Å²) in [6, 6.07) is 12.4. The highest BCUT2D eigenvalue weighted by Gasteiger charge is 2.10. The van der Waals surface area contributed by atoms with E-state index in [1.54, 1.807) is 0 Å². The van der Waals surface area contributed by atoms with Gasteiger partial charge in [0.25, 0.3) is 0 Å². The van der Waals surface area contributed by atoms with Gasteiger partial charge >= 0.3 is 0 Å². The Hall–Kier alpha value is -1.61. The second-order valence-electron chi connectivity index (χ2n) is 4.01. The van der Waals surface area contributed by atoms with Crippen molar-refractivity contribution >= 4 is 27.0 Å². The van der Waals surface area contributed by atoms with E-state index >= 15 is 0 Å². The SMILES string of the molecule is Cn1cc(Br)c2c(-c3ccccc3)ccnc21. The van der Waals surface area contributed by atoms with E-state index in [-0.39, 0.29) is 0 Å². The first kappa shape index (κ1) is 10.5. The summed E-state index contributed by atoms with van der Waals surface area (Å²) in [7, 11) is 2.01. The molecule has 1 aromatic carbocycles. The van der Waals surface area contributed by atoms with E-state index in [9.17, 15) is 0 Å². The van der Waals surface area contributed by atoms with Crippen LogP contribution in [0.2, 0.25) is 0 Å². The minimum Gasteiger partial charge on any atom is -0.334 e. The summed E-state index contributed by atoms with van der Waals surface area (Å²) in [5, 5.41) is 1.17. The maximum Gasteiger partial charge on any atom is 0.141 e. The van der Waals surface area contributed by atoms with Crippen LogP contribution in [-0.4, -0.2) is 9.55 Å². The third-order valence-corrected chi connectivity index (χ3v) is 3.50. The molecule has 0 amide bonds. The van der Waals surface area contributed by atoms with E-state index in [0.29, 0.717) is 0 Å². The Balaban J connectivity index is 2.38. The van der Waals surface area contributed by atoms with Crippen molar-refractivity contribution in [3.63, 3.8) is 0 Å². The van der Waals surface area contributed by atoms with Gasteiger partial charge in [-0.15, -0.1) is 0 Å². The van der Waals surface area contributed by atoms with Crippen molar-refractivity contribution in [2.75, 3.05) is 0 Å². The smallest absolute Gasteiger partial charge is 0.141 e. The van der Waals surface area contributed by atoms with Gasteiger partial charge in [0.05, 0.1) is 0 Å². The zero-order valence-electron chi connectivity index (χ0n) is 9.39. The van der Waals surface area contributed by atoms with E-state index in [2.05, 4.69) is 51.2 Å². The van der Waals surface area contributed by atoms with Crippen LogP contribution >= 0.6 is 15.9 Å². The van der Waals surface area contributed by atoms with Crippen molar-refractivity contribution in [3.8, 4) is 11.1 Å². The zero-order chi connectivity index (χ0) is 11.8. The van der Waals surface area contributed by atoms with Gasteiger partial charge in [0.2, 0.25) is 0 Å². The Morgan fingerprint density at radius 1 is 1.12 bits per heavy atom. The van der Waals surface area contributed by atoms with Crippen molar-refractivity contribution in [2.45, 2.75) is 0 Å². The van der Waals surface area contributed by atoms with Crippen molar-refractivity contribution in [1.29, 1.82) is 0 Å². The minimum absolute atomic E-state index is 0.998. The fourth-order valence-corrected chi connectivity index (χ4v) is 2.81. The maximum absolute atomic E-state index is 4.42. The second kappa shape index (κ2) is 4.00. The van der Waals surface area contributed by atoms with Crippen molar-refractivity contribution in [1.82, 2.24) is 9.55 Å². The molecule has 84 valence electrons. The van der Waals surface area contributed by atoms with Crippen LogP contribution in [0.25, 0.3) is 22.2 Å². The summed E-state index contributed by atoms with van der Waals surface area (Å²) < 4.78 is 3.12. The highest BCUT2D eigenvalue weighted by Crippen LogP contribution is 2.33. The molecule has 2 aromatic heterocycles. The predicted molar refractivity (Wildman–Crippen MR) is 73.9 cm³/mol. The lowest BCUT2D eigenvalue weighted by molar-refractivity contribution is 0.946. The van der Waals surface area contributed by atoms with Crippen LogP contribution in [0.5, 0.6) is 0 Å². The number of aromatic nitrogens is 2. The molecule has 0 spiro atoms. The van der Waals surface area contributed by atoms with Gasteiger partial charge in [-0.3, -0.25) is 0 Å². The summed E-state index contributed by atoms with van der Waals surface area (Å²) >= 11 is 3.60. The molecular formula is C14H11BrN2. The fourth-order valence-electron chi connectivity index (χ4n) is 2.11. The van der Waals surface area contributed by atoms with Crippen LogP contribution in [0.15, 0.2) is 53.3 Å². The molecule has 0 radical (unpaired) electrons. The molecule has 2 nitrogen and oxygen atoms in total. The van der Waals surface area contributed by atoms with Crippen LogP contribution in [0, 0.1) is 0 Å². The van der Waals surface area contributed by atoms with Crippen LogP contribution in [0.3, 0.4) is 0 Å². The first-order valence-corrected chi connectivity index (χ1v) is 6.21. The molecule has 0 saturated heterocycles. The number of rotatable bonds is 1. The molecule has 0 unspecified atom stereocenters. The lowest BCUT2D eigenvalue weighted by atomic mass is 10.0. The van der Waals surface area contributed by atoms with E-state index in [0.717, 1.165) is 10.1 Å². The average Bonchev–Trinajstić information content (AvgIpc) is 2.66. The lowest BCUT2D eigenvalue weighted by Gasteiger charge is -2.04. The molecule has 0 bridgehead atoms. The molecule has 3 heteroatoms. The van der Waals surface area contributed by atoms with Gasteiger partial charge in [0.15, 0.2) is 0 Å². The largest absolute Gasteiger partial charge is 0.334 e. The zero-order valence-corrected chi connectivity index (χ0v) is 11.0. The Morgan fingerprint density at radius 2 is 1.88 bits per heavy atom. The summed E-state index contributed by atoms with van der Waals surface area (Å²) in [5.74, 6) is 0. The quantitative estimate of drug-likeness (QED) is 0.661. The van der Waals surface area contributed by atoms with Gasteiger partial charge in [0, 0.05) is 29.3 Å². The number of halogens is 1. The van der Waals surface area contributed by atoms with Gasteiger partial charge < -0.3 is 4.57 Å². The number of fused-ring (bicyclic) bond motifs is 1. The van der Waals surface area contributed by atoms with E-state index < -0.39 is 0 Å².